The Bertz CT molecular complexity index is 1370. The molecule has 3 aromatic rings. The molecular weight excluding hydrogens is 550 g/mol. The quantitative estimate of drug-likeness (QED) is 0.379. The Kier molecular flexibility index (Phi) is 7.94. The summed E-state index contributed by atoms with van der Waals surface area (Å²) in [5.74, 6) is -3.81. The van der Waals surface area contributed by atoms with Gasteiger partial charge in [0, 0.05) is 38.3 Å². The summed E-state index contributed by atoms with van der Waals surface area (Å²) in [6, 6.07) is 0. The van der Waals surface area contributed by atoms with Crippen LogP contribution in [0.25, 0.3) is 5.69 Å². The number of halogens is 3. The number of hydrogen-bond acceptors (Lipinski definition) is 11. The van der Waals surface area contributed by atoms with Crippen LogP contribution >= 0.6 is 11.6 Å². The van der Waals surface area contributed by atoms with Crippen molar-refractivity contribution in [2.45, 2.75) is 49.4 Å². The number of aromatic nitrogens is 7. The maximum atomic E-state index is 14.1. The molecule has 0 amide bonds. The highest BCUT2D eigenvalue weighted by Crippen LogP contribution is 2.45. The molecule has 3 heterocycles. The van der Waals surface area contributed by atoms with Crippen molar-refractivity contribution in [3.8, 4) is 17.4 Å². The van der Waals surface area contributed by atoms with Gasteiger partial charge in [0.05, 0.1) is 19.2 Å². The Hall–Kier alpha value is -3.24. The first-order valence-electron chi connectivity index (χ1n) is 11.3. The zero-order valence-corrected chi connectivity index (χ0v) is 22.4. The Morgan fingerprint density at radius 2 is 1.74 bits per heavy atom. The number of nitrogens with zero attached hydrogens (tertiary/aromatic N) is 7. The van der Waals surface area contributed by atoms with Crippen LogP contribution in [0.5, 0.6) is 11.8 Å². The minimum absolute atomic E-state index is 0.0134. The topological polar surface area (TPSA) is 156 Å². The van der Waals surface area contributed by atoms with E-state index in [1.807, 2.05) is 0 Å². The zero-order chi connectivity index (χ0) is 27.7. The molecule has 1 N–H and O–H groups in total. The van der Waals surface area contributed by atoms with Crippen LogP contribution in [-0.2, 0) is 14.8 Å². The molecule has 0 radical (unpaired) electrons. The van der Waals surface area contributed by atoms with Gasteiger partial charge in [0.15, 0.2) is 11.5 Å². The number of hydrogen-bond donors (Lipinski definition) is 1. The number of ether oxygens (including phenoxy) is 3. The zero-order valence-electron chi connectivity index (χ0n) is 20.8. The first kappa shape index (κ1) is 27.8. The van der Waals surface area contributed by atoms with Gasteiger partial charge in [-0.25, -0.2) is 27.2 Å². The standard InChI is InChI=1S/C21H25ClF2N8O5S/c1-11(15(35-2)16-25-8-13(22)9-26-16)38(33,34)31-20-30-29-17(12-5-6-21(23,24)7-12)32(20)14-18(36-3)27-10-28-19(14)37-4/h8-12,15H,5-7H2,1-4H3,(H,30,31)/t11-,12?,15-/m0/s1. The van der Waals surface area contributed by atoms with Crippen molar-refractivity contribution in [1.29, 1.82) is 0 Å². The molecule has 38 heavy (non-hydrogen) atoms. The summed E-state index contributed by atoms with van der Waals surface area (Å²) in [4.78, 5) is 16.2. The van der Waals surface area contributed by atoms with E-state index >= 15 is 0 Å². The molecule has 1 aliphatic carbocycles. The van der Waals surface area contributed by atoms with E-state index in [1.165, 1.54) is 51.5 Å². The summed E-state index contributed by atoms with van der Waals surface area (Å²) in [6.45, 7) is 1.39. The smallest absolute Gasteiger partial charge is 0.248 e. The maximum Gasteiger partial charge on any atom is 0.248 e. The van der Waals surface area contributed by atoms with Crippen LogP contribution in [0.15, 0.2) is 18.7 Å². The van der Waals surface area contributed by atoms with Crippen LogP contribution in [0, 0.1) is 0 Å². The average Bonchev–Trinajstić information content (AvgIpc) is 3.46. The lowest BCUT2D eigenvalue weighted by Gasteiger charge is -2.23. The van der Waals surface area contributed by atoms with E-state index in [4.69, 9.17) is 25.8 Å². The molecule has 3 aromatic heterocycles. The summed E-state index contributed by atoms with van der Waals surface area (Å²) < 4.78 is 75.0. The van der Waals surface area contributed by atoms with Crippen molar-refractivity contribution in [2.24, 2.45) is 0 Å². The van der Waals surface area contributed by atoms with Crippen molar-refractivity contribution in [3.63, 3.8) is 0 Å². The number of methoxy groups -OCH3 is 3. The molecule has 1 unspecified atom stereocenters. The van der Waals surface area contributed by atoms with Crippen molar-refractivity contribution < 1.29 is 31.4 Å². The van der Waals surface area contributed by atoms with Gasteiger partial charge in [0.2, 0.25) is 33.7 Å². The van der Waals surface area contributed by atoms with E-state index < -0.39 is 39.6 Å². The van der Waals surface area contributed by atoms with Crippen LogP contribution in [-0.4, -0.2) is 75.6 Å². The van der Waals surface area contributed by atoms with Gasteiger partial charge in [0.1, 0.15) is 23.5 Å². The highest BCUT2D eigenvalue weighted by atomic mass is 35.5. The summed E-state index contributed by atoms with van der Waals surface area (Å²) >= 11 is 5.84. The first-order valence-corrected chi connectivity index (χ1v) is 13.2. The van der Waals surface area contributed by atoms with E-state index in [9.17, 15) is 17.2 Å². The summed E-state index contributed by atoms with van der Waals surface area (Å²) in [6.07, 6.45) is 1.99. The molecule has 206 valence electrons. The van der Waals surface area contributed by atoms with Gasteiger partial charge in [-0.2, -0.15) is 9.97 Å². The lowest BCUT2D eigenvalue weighted by molar-refractivity contribution is 0.00749. The largest absolute Gasteiger partial charge is 0.479 e. The molecule has 0 saturated heterocycles. The van der Waals surface area contributed by atoms with E-state index in [0.29, 0.717) is 0 Å². The molecule has 13 nitrogen and oxygen atoms in total. The van der Waals surface area contributed by atoms with Gasteiger partial charge in [0.25, 0.3) is 0 Å². The lowest BCUT2D eigenvalue weighted by Crippen LogP contribution is -2.33. The van der Waals surface area contributed by atoms with Crippen LogP contribution in [0.4, 0.5) is 14.7 Å². The van der Waals surface area contributed by atoms with E-state index in [2.05, 4.69) is 34.9 Å². The second-order valence-corrected chi connectivity index (χ2v) is 11.0. The summed E-state index contributed by atoms with van der Waals surface area (Å²) in [5.41, 5.74) is 0.0439. The molecule has 0 bridgehead atoms. The molecular formula is C21H25ClF2N8O5S. The van der Waals surface area contributed by atoms with Crippen molar-refractivity contribution >= 4 is 27.6 Å². The molecule has 1 saturated carbocycles. The van der Waals surface area contributed by atoms with Gasteiger partial charge in [-0.3, -0.25) is 9.29 Å². The number of rotatable bonds is 10. The molecule has 0 aromatic carbocycles. The fourth-order valence-electron chi connectivity index (χ4n) is 4.21. The highest BCUT2D eigenvalue weighted by molar-refractivity contribution is 7.93. The van der Waals surface area contributed by atoms with E-state index in [-0.39, 0.29) is 52.9 Å². The van der Waals surface area contributed by atoms with Crippen molar-refractivity contribution in [1.82, 2.24) is 34.7 Å². The van der Waals surface area contributed by atoms with Crippen LogP contribution in [0.2, 0.25) is 5.02 Å². The van der Waals surface area contributed by atoms with Gasteiger partial charge in [-0.05, 0) is 13.3 Å². The second-order valence-electron chi connectivity index (χ2n) is 8.52. The number of anilines is 1. The third-order valence-corrected chi connectivity index (χ3v) is 8.01. The Labute approximate surface area is 222 Å². The molecule has 0 spiro atoms. The fraction of sp³-hybridized carbons (Fsp3) is 0.524. The summed E-state index contributed by atoms with van der Waals surface area (Å²) in [5, 5.41) is 7.10. The van der Waals surface area contributed by atoms with Crippen LogP contribution < -0.4 is 14.2 Å². The molecule has 17 heteroatoms. The fourth-order valence-corrected chi connectivity index (χ4v) is 5.44. The Morgan fingerprint density at radius 1 is 1.11 bits per heavy atom. The van der Waals surface area contributed by atoms with E-state index in [1.54, 1.807) is 0 Å². The predicted molar refractivity (Wildman–Crippen MR) is 130 cm³/mol. The summed E-state index contributed by atoms with van der Waals surface area (Å²) in [7, 11) is -0.288. The first-order chi connectivity index (χ1) is 18.0. The normalized spacial score (nSPS) is 18.7. The SMILES string of the molecule is COc1ncnc(OC)c1-n1c(NS(=O)(=O)[C@@H](C)[C@H](OC)c2ncc(Cl)cn2)nnc1C1CCC(F)(F)C1. The second kappa shape index (κ2) is 10.9. The van der Waals surface area contributed by atoms with Gasteiger partial charge >= 0.3 is 0 Å². The minimum atomic E-state index is -4.27. The average molecular weight is 575 g/mol. The minimum Gasteiger partial charge on any atom is -0.479 e. The van der Waals surface area contributed by atoms with Crippen LogP contribution in [0.3, 0.4) is 0 Å². The molecule has 1 fully saturated rings. The Balaban J connectivity index is 1.79. The highest BCUT2D eigenvalue weighted by Gasteiger charge is 2.43. The maximum absolute atomic E-state index is 14.1. The molecule has 0 aliphatic heterocycles. The van der Waals surface area contributed by atoms with Gasteiger partial charge in [-0.1, -0.05) is 11.6 Å². The predicted octanol–water partition coefficient (Wildman–Crippen LogP) is 2.94. The van der Waals surface area contributed by atoms with Crippen molar-refractivity contribution in [3.05, 3.63) is 35.4 Å². The van der Waals surface area contributed by atoms with Gasteiger partial charge < -0.3 is 14.2 Å². The van der Waals surface area contributed by atoms with Crippen LogP contribution in [0.1, 0.15) is 49.9 Å². The van der Waals surface area contributed by atoms with E-state index in [0.717, 1.165) is 0 Å². The van der Waals surface area contributed by atoms with Crippen molar-refractivity contribution in [2.75, 3.05) is 26.1 Å². The molecule has 3 atom stereocenters. The molecule has 1 aliphatic rings. The number of nitrogens with one attached hydrogen (secondary N) is 1. The third kappa shape index (κ3) is 5.47. The monoisotopic (exact) mass is 574 g/mol. The van der Waals surface area contributed by atoms with Gasteiger partial charge in [-0.15, -0.1) is 10.2 Å². The number of sulfonamides is 1. The third-order valence-electron chi connectivity index (χ3n) is 6.12. The number of alkyl halides is 2. The molecule has 4 rings (SSSR count). The lowest BCUT2D eigenvalue weighted by atomic mass is 10.1. The Morgan fingerprint density at radius 3 is 2.26 bits per heavy atom.